The van der Waals surface area contributed by atoms with Crippen molar-refractivity contribution in [3.05, 3.63) is 48.3 Å². The van der Waals surface area contributed by atoms with Crippen molar-refractivity contribution in [2.45, 2.75) is 61.4 Å². The number of oxazole rings is 1. The van der Waals surface area contributed by atoms with Crippen molar-refractivity contribution in [2.24, 2.45) is 0 Å². The van der Waals surface area contributed by atoms with Crippen molar-refractivity contribution >= 4 is 33.1 Å². The Morgan fingerprint density at radius 2 is 1.95 bits per heavy atom. The summed E-state index contributed by atoms with van der Waals surface area (Å²) in [5.41, 5.74) is 3.21. The maximum atomic E-state index is 15.1. The number of halogens is 1. The number of para-hydroxylation sites is 2. The highest BCUT2D eigenvalue weighted by Crippen LogP contribution is 2.38. The van der Waals surface area contributed by atoms with E-state index in [1.54, 1.807) is 24.3 Å². The Morgan fingerprint density at radius 3 is 2.68 bits per heavy atom. The summed E-state index contributed by atoms with van der Waals surface area (Å²) in [6.45, 7) is 0.172. The van der Waals surface area contributed by atoms with Gasteiger partial charge in [0.05, 0.1) is 10.9 Å². The van der Waals surface area contributed by atoms with Crippen LogP contribution in [-0.2, 0) is 24.4 Å². The van der Waals surface area contributed by atoms with Crippen molar-refractivity contribution in [3.63, 3.8) is 0 Å². The van der Waals surface area contributed by atoms with E-state index >= 15 is 4.39 Å². The number of hydroxylamine groups is 1. The zero-order valence-corrected chi connectivity index (χ0v) is 22.5. The van der Waals surface area contributed by atoms with Crippen LogP contribution < -0.4 is 10.2 Å². The predicted molar refractivity (Wildman–Crippen MR) is 138 cm³/mol. The number of hydrogen-bond donors (Lipinski definition) is 2. The molecule has 2 aromatic carbocycles. The summed E-state index contributed by atoms with van der Waals surface area (Å²) in [7, 11) is -4.48. The Kier molecular flexibility index (Phi) is 7.27. The number of carbonyl (C=O) groups is 2. The molecule has 41 heavy (non-hydrogen) atoms. The van der Waals surface area contributed by atoms with Gasteiger partial charge in [-0.25, -0.2) is 27.9 Å². The van der Waals surface area contributed by atoms with E-state index in [9.17, 15) is 23.1 Å². The number of hydrogen-bond acceptors (Lipinski definition) is 9. The molecule has 0 radical (unpaired) electrons. The Morgan fingerprint density at radius 1 is 1.12 bits per heavy atom. The third kappa shape index (κ3) is 5.21. The van der Waals surface area contributed by atoms with Gasteiger partial charge >= 0.3 is 12.2 Å². The number of nitrogens with zero attached hydrogens (tertiary/aromatic N) is 3. The topological polar surface area (TPSA) is 161 Å². The predicted octanol–water partition coefficient (Wildman–Crippen LogP) is 3.22. The number of amides is 2. The van der Waals surface area contributed by atoms with E-state index in [2.05, 4.69) is 10.5 Å². The van der Waals surface area contributed by atoms with Crippen molar-refractivity contribution in [1.29, 1.82) is 0 Å². The molecule has 218 valence electrons. The summed E-state index contributed by atoms with van der Waals surface area (Å²) in [4.78, 5) is 35.5. The molecular formula is C26H27FN4O9S. The van der Waals surface area contributed by atoms with E-state index in [0.717, 1.165) is 40.2 Å². The van der Waals surface area contributed by atoms with E-state index in [1.165, 1.54) is 0 Å². The molecule has 2 amide bonds. The fraction of sp³-hybridized carbons (Fsp3) is 0.423. The molecule has 2 bridgehead atoms. The minimum Gasteiger partial charge on any atom is -0.465 e. The maximum Gasteiger partial charge on any atom is 0.407 e. The molecular weight excluding hydrogens is 563 g/mol. The van der Waals surface area contributed by atoms with E-state index in [1.807, 2.05) is 0 Å². The van der Waals surface area contributed by atoms with E-state index in [0.29, 0.717) is 30.5 Å². The van der Waals surface area contributed by atoms with E-state index in [4.69, 9.17) is 18.7 Å². The minimum atomic E-state index is -4.48. The molecule has 6 rings (SSSR count). The number of benzene rings is 2. The van der Waals surface area contributed by atoms with Crippen molar-refractivity contribution in [3.8, 4) is 11.8 Å². The first kappa shape index (κ1) is 27.4. The fourth-order valence-corrected chi connectivity index (χ4v) is 7.27. The molecule has 1 aromatic heterocycles. The summed E-state index contributed by atoms with van der Waals surface area (Å²) < 4.78 is 60.0. The zero-order chi connectivity index (χ0) is 28.7. The number of rotatable bonds is 7. The average Bonchev–Trinajstić information content (AvgIpc) is 3.52. The smallest absolute Gasteiger partial charge is 0.407 e. The van der Waals surface area contributed by atoms with Crippen LogP contribution in [0.25, 0.3) is 11.1 Å². The summed E-state index contributed by atoms with van der Waals surface area (Å²) in [6, 6.07) is 6.82. The lowest BCUT2D eigenvalue weighted by molar-refractivity contribution is -0.203. The Hall–Kier alpha value is -3.79. The zero-order valence-electron chi connectivity index (χ0n) is 21.6. The molecule has 3 saturated heterocycles. The van der Waals surface area contributed by atoms with Crippen LogP contribution in [0.2, 0.25) is 0 Å². The molecule has 13 nitrogen and oxygen atoms in total. The van der Waals surface area contributed by atoms with Gasteiger partial charge < -0.3 is 19.0 Å². The standard InChI is InChI=1S/C26H27FN4O9S/c27-17-13-16(9-11-20(17)38-25-28-18-5-1-2-6-21(18)39-25)41(35,36)30-14-15-8-10-19(31(15)26(33)34)23(30)24(32)29-40-22-7-3-4-12-37-22/h1-2,5-6,9,11,13,15,19,22-23H,3-4,7-8,10,12,14H2,(H,29,32)(H,33,34)/t15-,19?,22?,23-/m1/s1. The highest BCUT2D eigenvalue weighted by molar-refractivity contribution is 7.89. The van der Waals surface area contributed by atoms with Crippen LogP contribution in [0.1, 0.15) is 32.1 Å². The van der Waals surface area contributed by atoms with Gasteiger partial charge in [0.1, 0.15) is 11.6 Å². The Labute approximate surface area is 233 Å². The first-order chi connectivity index (χ1) is 19.7. The molecule has 0 aliphatic carbocycles. The van der Waals surface area contributed by atoms with Crippen molar-refractivity contribution < 1.29 is 46.2 Å². The first-order valence-corrected chi connectivity index (χ1v) is 14.6. The number of nitrogens with one attached hydrogen (secondary N) is 1. The van der Waals surface area contributed by atoms with Crippen molar-refractivity contribution in [2.75, 3.05) is 13.2 Å². The van der Waals surface area contributed by atoms with Gasteiger partial charge in [-0.1, -0.05) is 12.1 Å². The third-order valence-electron chi connectivity index (χ3n) is 7.51. The van der Waals surface area contributed by atoms with E-state index < -0.39 is 57.2 Å². The molecule has 4 atom stereocenters. The fourth-order valence-electron chi connectivity index (χ4n) is 5.60. The second kappa shape index (κ2) is 10.9. The number of carbonyl (C=O) groups excluding carboxylic acids is 1. The van der Waals surface area contributed by atoms with Gasteiger partial charge in [0.15, 0.2) is 23.4 Å². The molecule has 0 saturated carbocycles. The molecule has 3 aliphatic rings. The number of sulfonamides is 1. The van der Waals surface area contributed by atoms with Gasteiger partial charge in [-0.15, -0.1) is 0 Å². The van der Waals surface area contributed by atoms with Crippen LogP contribution in [-0.4, -0.2) is 77.3 Å². The van der Waals surface area contributed by atoms with Gasteiger partial charge in [0.2, 0.25) is 10.0 Å². The van der Waals surface area contributed by atoms with Crippen LogP contribution in [0.4, 0.5) is 9.18 Å². The third-order valence-corrected chi connectivity index (χ3v) is 9.35. The first-order valence-electron chi connectivity index (χ1n) is 13.2. The van der Waals surface area contributed by atoms with Gasteiger partial charge in [0, 0.05) is 25.6 Å². The molecule has 3 fully saturated rings. The number of aromatic nitrogens is 1. The average molecular weight is 591 g/mol. The highest BCUT2D eigenvalue weighted by atomic mass is 32.2. The quantitative estimate of drug-likeness (QED) is 0.391. The number of fused-ring (bicyclic) bond motifs is 3. The lowest BCUT2D eigenvalue weighted by Crippen LogP contribution is -2.66. The van der Waals surface area contributed by atoms with Crippen LogP contribution in [0.3, 0.4) is 0 Å². The monoisotopic (exact) mass is 590 g/mol. The molecule has 3 aliphatic heterocycles. The number of ether oxygens (including phenoxy) is 2. The van der Waals surface area contributed by atoms with Crippen LogP contribution in [0, 0.1) is 5.82 Å². The largest absolute Gasteiger partial charge is 0.465 e. The lowest BCUT2D eigenvalue weighted by Gasteiger charge is -2.43. The van der Waals surface area contributed by atoms with Crippen LogP contribution in [0.5, 0.6) is 11.8 Å². The second-order valence-corrected chi connectivity index (χ2v) is 11.9. The molecule has 4 heterocycles. The van der Waals surface area contributed by atoms with Gasteiger partial charge in [-0.05, 0) is 56.0 Å². The summed E-state index contributed by atoms with van der Waals surface area (Å²) in [6.07, 6.45) is 0.690. The lowest BCUT2D eigenvalue weighted by atomic mass is 10.1. The van der Waals surface area contributed by atoms with Crippen LogP contribution in [0.15, 0.2) is 51.8 Å². The highest BCUT2D eigenvalue weighted by Gasteiger charge is 2.55. The summed E-state index contributed by atoms with van der Waals surface area (Å²) in [5, 5.41) is 9.79. The Balaban J connectivity index is 1.26. The summed E-state index contributed by atoms with van der Waals surface area (Å²) in [5.74, 6) is -2.16. The number of carboxylic acid groups (broad SMARTS) is 1. The van der Waals surface area contributed by atoms with Crippen molar-refractivity contribution in [1.82, 2.24) is 19.7 Å². The van der Waals surface area contributed by atoms with Gasteiger partial charge in [0.25, 0.3) is 5.91 Å². The minimum absolute atomic E-state index is 0.222. The number of piperazine rings is 1. The molecule has 15 heteroatoms. The Bertz CT molecular complexity index is 1540. The maximum absolute atomic E-state index is 15.1. The second-order valence-electron chi connectivity index (χ2n) is 10.0. The van der Waals surface area contributed by atoms with Gasteiger partial charge in [-0.3, -0.25) is 9.69 Å². The molecule has 3 aromatic rings. The molecule has 2 unspecified atom stereocenters. The summed E-state index contributed by atoms with van der Waals surface area (Å²) >= 11 is 0. The van der Waals surface area contributed by atoms with Crippen LogP contribution >= 0.6 is 0 Å². The normalized spacial score (nSPS) is 24.9. The molecule has 0 spiro atoms. The van der Waals surface area contributed by atoms with E-state index in [-0.39, 0.29) is 24.8 Å². The van der Waals surface area contributed by atoms with Gasteiger partial charge in [-0.2, -0.15) is 9.29 Å². The molecule has 2 N–H and O–H groups in total. The SMILES string of the molecule is O=C(NOC1CCCCO1)[C@H]1C2CC[C@H](CN1S(=O)(=O)c1ccc(Oc3nc4ccccc4o3)c(F)c1)N2C(=O)O.